The van der Waals surface area contributed by atoms with Crippen LogP contribution in [0.15, 0.2) is 24.3 Å². The van der Waals surface area contributed by atoms with Crippen molar-refractivity contribution in [3.05, 3.63) is 24.3 Å². The molecule has 56 valence electrons. The maximum absolute atomic E-state index is 4.35. The zero-order valence-corrected chi connectivity index (χ0v) is 7.25. The molecule has 0 N–H and O–H groups in total. The standard InChI is InChI=1S/C8H9N2P/c1-2-10-8-6-4-3-5-7(8)9-11-10/h3-6H,2H2,1H3. The summed E-state index contributed by atoms with van der Waals surface area (Å²) in [6.45, 7) is 3.17. The topological polar surface area (TPSA) is 17.8 Å². The first-order chi connectivity index (χ1) is 5.42. The number of fused-ring (bicyclic) bond motifs is 1. The molecule has 0 aliphatic heterocycles. The van der Waals surface area contributed by atoms with Crippen molar-refractivity contribution in [1.82, 2.24) is 9.08 Å². The highest BCUT2D eigenvalue weighted by Gasteiger charge is 1.97. The minimum atomic E-state index is 1.03. The Morgan fingerprint density at radius 3 is 3.09 bits per heavy atom. The molecule has 2 rings (SSSR count). The number of rotatable bonds is 1. The van der Waals surface area contributed by atoms with E-state index in [2.05, 4.69) is 34.2 Å². The number of aryl methyl sites for hydroxylation is 1. The van der Waals surface area contributed by atoms with Gasteiger partial charge in [-0.25, -0.2) is 4.75 Å². The van der Waals surface area contributed by atoms with E-state index >= 15 is 0 Å². The Morgan fingerprint density at radius 1 is 1.45 bits per heavy atom. The highest BCUT2D eigenvalue weighted by Crippen LogP contribution is 2.17. The summed E-state index contributed by atoms with van der Waals surface area (Å²) in [6, 6.07) is 8.25. The van der Waals surface area contributed by atoms with Crippen molar-refractivity contribution in [2.45, 2.75) is 13.5 Å². The second kappa shape index (κ2) is 2.63. The van der Waals surface area contributed by atoms with Gasteiger partial charge in [-0.2, -0.15) is 0 Å². The van der Waals surface area contributed by atoms with Gasteiger partial charge < -0.3 is 4.33 Å². The molecule has 0 radical (unpaired) electrons. The summed E-state index contributed by atoms with van der Waals surface area (Å²) < 4.78 is 6.58. The van der Waals surface area contributed by atoms with Crippen molar-refractivity contribution >= 4 is 19.5 Å². The minimum absolute atomic E-state index is 1.03. The van der Waals surface area contributed by atoms with E-state index in [4.69, 9.17) is 0 Å². The van der Waals surface area contributed by atoms with Gasteiger partial charge >= 0.3 is 0 Å². The third kappa shape index (κ3) is 1.04. The van der Waals surface area contributed by atoms with Crippen LogP contribution in [0.3, 0.4) is 0 Å². The number of benzene rings is 1. The van der Waals surface area contributed by atoms with Crippen LogP contribution in [0.1, 0.15) is 6.92 Å². The highest BCUT2D eigenvalue weighted by molar-refractivity contribution is 7.21. The molecule has 11 heavy (non-hydrogen) atoms. The predicted molar refractivity (Wildman–Crippen MR) is 47.9 cm³/mol. The van der Waals surface area contributed by atoms with Gasteiger partial charge in [0.15, 0.2) is 0 Å². The number of nitrogens with zero attached hydrogens (tertiary/aromatic N) is 2. The van der Waals surface area contributed by atoms with E-state index in [0.717, 1.165) is 20.6 Å². The normalized spacial score (nSPS) is 11.4. The first kappa shape index (κ1) is 6.81. The summed E-state index contributed by atoms with van der Waals surface area (Å²) in [5, 5.41) is 0. The minimum Gasteiger partial charge on any atom is -0.307 e. The van der Waals surface area contributed by atoms with Crippen LogP contribution in [-0.2, 0) is 6.54 Å². The van der Waals surface area contributed by atoms with Gasteiger partial charge in [0.05, 0.1) is 11.0 Å². The molecule has 0 aliphatic rings. The van der Waals surface area contributed by atoms with Crippen molar-refractivity contribution in [3.63, 3.8) is 0 Å². The Morgan fingerprint density at radius 2 is 2.27 bits per heavy atom. The van der Waals surface area contributed by atoms with Crippen LogP contribution < -0.4 is 0 Å². The first-order valence-electron chi connectivity index (χ1n) is 3.70. The number of aromatic nitrogens is 2. The lowest BCUT2D eigenvalue weighted by Gasteiger charge is -1.94. The summed E-state index contributed by atoms with van der Waals surface area (Å²) in [6.07, 6.45) is 0. The Balaban J connectivity index is 2.76. The van der Waals surface area contributed by atoms with Crippen LogP contribution in [0.2, 0.25) is 0 Å². The number of hydrogen-bond donors (Lipinski definition) is 0. The van der Waals surface area contributed by atoms with E-state index in [9.17, 15) is 0 Å². The molecule has 0 aliphatic carbocycles. The molecule has 0 unspecified atom stereocenters. The average Bonchev–Trinajstić information content (AvgIpc) is 2.47. The predicted octanol–water partition coefficient (Wildman–Crippen LogP) is 2.64. The van der Waals surface area contributed by atoms with Gasteiger partial charge in [0, 0.05) is 6.54 Å². The summed E-state index contributed by atoms with van der Waals surface area (Å²) in [7, 11) is 1.06. The quantitative estimate of drug-likeness (QED) is 0.633. The van der Waals surface area contributed by atoms with Gasteiger partial charge in [0.2, 0.25) is 0 Å². The molecule has 0 fully saturated rings. The molecule has 3 heteroatoms. The highest BCUT2D eigenvalue weighted by atomic mass is 31.1. The van der Waals surface area contributed by atoms with Crippen LogP contribution in [0, 0.1) is 0 Å². The van der Waals surface area contributed by atoms with Gasteiger partial charge in [-0.05, 0) is 19.1 Å². The molecule has 1 heterocycles. The van der Waals surface area contributed by atoms with Crippen molar-refractivity contribution in [2.75, 3.05) is 0 Å². The fourth-order valence-electron chi connectivity index (χ4n) is 1.15. The van der Waals surface area contributed by atoms with Crippen LogP contribution in [0.4, 0.5) is 0 Å². The second-order valence-corrected chi connectivity index (χ2v) is 3.26. The lowest BCUT2D eigenvalue weighted by molar-refractivity contribution is 0.870. The van der Waals surface area contributed by atoms with E-state index in [1.54, 1.807) is 0 Å². The van der Waals surface area contributed by atoms with Crippen LogP contribution in [0.25, 0.3) is 11.0 Å². The van der Waals surface area contributed by atoms with Gasteiger partial charge in [-0.1, -0.05) is 12.1 Å². The summed E-state index contributed by atoms with van der Waals surface area (Å²) in [4.78, 5) is 0. The first-order valence-corrected chi connectivity index (χ1v) is 4.50. The van der Waals surface area contributed by atoms with Crippen LogP contribution >= 0.6 is 8.51 Å². The molecule has 0 saturated heterocycles. The monoisotopic (exact) mass is 164 g/mol. The third-order valence-corrected chi connectivity index (χ3v) is 2.74. The molecular weight excluding hydrogens is 155 g/mol. The van der Waals surface area contributed by atoms with E-state index in [1.807, 2.05) is 6.07 Å². The molecule has 2 aromatic rings. The fourth-order valence-corrected chi connectivity index (χ4v) is 1.92. The molecule has 0 bridgehead atoms. The molecule has 1 aromatic heterocycles. The Hall–Kier alpha value is -0.880. The van der Waals surface area contributed by atoms with E-state index in [0.29, 0.717) is 0 Å². The van der Waals surface area contributed by atoms with Crippen LogP contribution in [-0.4, -0.2) is 9.08 Å². The summed E-state index contributed by atoms with van der Waals surface area (Å²) in [5.41, 5.74) is 2.38. The zero-order valence-electron chi connectivity index (χ0n) is 6.36. The third-order valence-electron chi connectivity index (χ3n) is 1.72. The molecule has 0 atom stereocenters. The van der Waals surface area contributed by atoms with Gasteiger partial charge in [0.25, 0.3) is 0 Å². The lowest BCUT2D eigenvalue weighted by Crippen LogP contribution is -1.85. The van der Waals surface area contributed by atoms with Gasteiger partial charge in [-0.15, -0.1) is 0 Å². The number of hydrogen-bond acceptors (Lipinski definition) is 1. The SMILES string of the molecule is CCn1pnc2ccccc21. The number of para-hydroxylation sites is 1. The maximum Gasteiger partial charge on any atom is 0.133 e. The van der Waals surface area contributed by atoms with Crippen molar-refractivity contribution in [2.24, 2.45) is 0 Å². The molecule has 1 aromatic carbocycles. The molecule has 0 amide bonds. The molecular formula is C8H9N2P. The van der Waals surface area contributed by atoms with Crippen LogP contribution in [0.5, 0.6) is 0 Å². The average molecular weight is 164 g/mol. The van der Waals surface area contributed by atoms with Gasteiger partial charge in [0.1, 0.15) is 8.51 Å². The fraction of sp³-hybridized carbons (Fsp3) is 0.250. The summed E-state index contributed by atoms with van der Waals surface area (Å²) >= 11 is 0. The Labute approximate surface area is 67.1 Å². The lowest BCUT2D eigenvalue weighted by atomic mass is 10.3. The van der Waals surface area contributed by atoms with Crippen molar-refractivity contribution in [3.8, 4) is 0 Å². The maximum atomic E-state index is 4.35. The van der Waals surface area contributed by atoms with E-state index in [1.165, 1.54) is 5.52 Å². The van der Waals surface area contributed by atoms with E-state index in [-0.39, 0.29) is 0 Å². The molecule has 0 spiro atoms. The van der Waals surface area contributed by atoms with Crippen molar-refractivity contribution < 1.29 is 0 Å². The second-order valence-electron chi connectivity index (χ2n) is 2.39. The molecule has 0 saturated carbocycles. The van der Waals surface area contributed by atoms with Gasteiger partial charge in [-0.3, -0.25) is 0 Å². The zero-order chi connectivity index (χ0) is 7.68. The molecule has 2 nitrogen and oxygen atoms in total. The smallest absolute Gasteiger partial charge is 0.133 e. The Bertz CT molecular complexity index is 367. The largest absolute Gasteiger partial charge is 0.307 e. The van der Waals surface area contributed by atoms with E-state index < -0.39 is 0 Å². The Kier molecular flexibility index (Phi) is 1.63. The summed E-state index contributed by atoms with van der Waals surface area (Å²) in [5.74, 6) is 0. The van der Waals surface area contributed by atoms with Crippen molar-refractivity contribution in [1.29, 1.82) is 0 Å².